The SMILES string of the molecule is OC(c1c(Cl)ccc(F)c1F)C1C2CCCC21. The molecule has 1 aromatic rings. The highest BCUT2D eigenvalue weighted by Gasteiger charge is 2.56. The van der Waals surface area contributed by atoms with Crippen molar-refractivity contribution in [3.63, 3.8) is 0 Å². The Labute approximate surface area is 103 Å². The molecule has 2 saturated carbocycles. The van der Waals surface area contributed by atoms with Gasteiger partial charge in [0.25, 0.3) is 0 Å². The molecule has 1 nitrogen and oxygen atoms in total. The van der Waals surface area contributed by atoms with E-state index in [-0.39, 0.29) is 16.5 Å². The minimum absolute atomic E-state index is 0.0638. The van der Waals surface area contributed by atoms with Crippen LogP contribution in [0.2, 0.25) is 5.02 Å². The molecule has 2 aliphatic rings. The van der Waals surface area contributed by atoms with E-state index in [1.54, 1.807) is 0 Å². The van der Waals surface area contributed by atoms with Gasteiger partial charge in [-0.3, -0.25) is 0 Å². The summed E-state index contributed by atoms with van der Waals surface area (Å²) in [5.41, 5.74) is -0.0638. The standard InChI is InChI=1S/C13H13ClF2O/c14-8-4-5-9(15)12(16)11(8)13(17)10-6-2-1-3-7(6)10/h4-7,10,13,17H,1-3H2. The highest BCUT2D eigenvalue weighted by molar-refractivity contribution is 6.31. The van der Waals surface area contributed by atoms with Gasteiger partial charge in [0.15, 0.2) is 11.6 Å². The van der Waals surface area contributed by atoms with Crippen LogP contribution in [0.5, 0.6) is 0 Å². The molecule has 3 rings (SSSR count). The van der Waals surface area contributed by atoms with E-state index in [2.05, 4.69) is 0 Å². The van der Waals surface area contributed by atoms with Crippen LogP contribution < -0.4 is 0 Å². The summed E-state index contributed by atoms with van der Waals surface area (Å²) in [5, 5.41) is 10.3. The van der Waals surface area contributed by atoms with Gasteiger partial charge in [0, 0.05) is 10.6 Å². The molecule has 3 unspecified atom stereocenters. The summed E-state index contributed by atoms with van der Waals surface area (Å²) in [6.45, 7) is 0. The Morgan fingerprint density at radius 3 is 2.53 bits per heavy atom. The molecule has 92 valence electrons. The molecule has 0 bridgehead atoms. The largest absolute Gasteiger partial charge is 0.388 e. The van der Waals surface area contributed by atoms with Crippen LogP contribution in [0.3, 0.4) is 0 Å². The zero-order valence-electron chi connectivity index (χ0n) is 9.17. The first kappa shape index (κ1) is 11.4. The van der Waals surface area contributed by atoms with E-state index in [4.69, 9.17) is 11.6 Å². The van der Waals surface area contributed by atoms with E-state index in [1.165, 1.54) is 12.5 Å². The van der Waals surface area contributed by atoms with Crippen LogP contribution in [0, 0.1) is 29.4 Å². The molecule has 0 saturated heterocycles. The fraction of sp³-hybridized carbons (Fsp3) is 0.538. The molecule has 0 radical (unpaired) electrons. The van der Waals surface area contributed by atoms with Crippen molar-refractivity contribution in [1.82, 2.24) is 0 Å². The Bertz CT molecular complexity index is 453. The second-order valence-corrected chi connectivity index (χ2v) is 5.44. The molecule has 17 heavy (non-hydrogen) atoms. The van der Waals surface area contributed by atoms with E-state index in [0.29, 0.717) is 11.8 Å². The Morgan fingerprint density at radius 1 is 1.24 bits per heavy atom. The summed E-state index contributed by atoms with van der Waals surface area (Å²) in [4.78, 5) is 0. The third-order valence-electron chi connectivity index (χ3n) is 4.21. The van der Waals surface area contributed by atoms with E-state index in [1.807, 2.05) is 0 Å². The summed E-state index contributed by atoms with van der Waals surface area (Å²) >= 11 is 5.86. The predicted octanol–water partition coefficient (Wildman–Crippen LogP) is 3.70. The molecule has 2 aliphatic carbocycles. The molecule has 4 heteroatoms. The van der Waals surface area contributed by atoms with Crippen molar-refractivity contribution in [1.29, 1.82) is 0 Å². The Balaban J connectivity index is 1.91. The normalized spacial score (nSPS) is 32.4. The average Bonchev–Trinajstić information content (AvgIpc) is 2.78. The number of fused-ring (bicyclic) bond motifs is 1. The molecular weight excluding hydrogens is 246 g/mol. The van der Waals surface area contributed by atoms with E-state index >= 15 is 0 Å². The van der Waals surface area contributed by atoms with Crippen LogP contribution in [-0.2, 0) is 0 Å². The summed E-state index contributed by atoms with van der Waals surface area (Å²) < 4.78 is 26.8. The lowest BCUT2D eigenvalue weighted by molar-refractivity contribution is 0.132. The van der Waals surface area contributed by atoms with E-state index < -0.39 is 17.7 Å². The Kier molecular flexibility index (Phi) is 2.64. The fourth-order valence-electron chi connectivity index (χ4n) is 3.35. The molecule has 0 heterocycles. The zero-order valence-corrected chi connectivity index (χ0v) is 9.92. The monoisotopic (exact) mass is 258 g/mol. The van der Waals surface area contributed by atoms with Gasteiger partial charge in [0.05, 0.1) is 6.10 Å². The second kappa shape index (κ2) is 3.92. The highest BCUT2D eigenvalue weighted by Crippen LogP contribution is 2.62. The molecule has 1 aromatic carbocycles. The summed E-state index contributed by atoms with van der Waals surface area (Å²) in [6, 6.07) is 2.29. The van der Waals surface area contributed by atoms with Crippen molar-refractivity contribution in [3.05, 3.63) is 34.4 Å². The fourth-order valence-corrected chi connectivity index (χ4v) is 3.61. The maximum absolute atomic E-state index is 13.7. The van der Waals surface area contributed by atoms with Crippen molar-refractivity contribution < 1.29 is 13.9 Å². The van der Waals surface area contributed by atoms with Gasteiger partial charge in [-0.2, -0.15) is 0 Å². The van der Waals surface area contributed by atoms with Crippen molar-refractivity contribution in [3.8, 4) is 0 Å². The first-order valence-corrected chi connectivity index (χ1v) is 6.30. The topological polar surface area (TPSA) is 20.2 Å². The lowest BCUT2D eigenvalue weighted by Crippen LogP contribution is -2.09. The van der Waals surface area contributed by atoms with Gasteiger partial charge in [-0.1, -0.05) is 18.0 Å². The summed E-state index contributed by atoms with van der Waals surface area (Å²) in [7, 11) is 0. The predicted molar refractivity (Wildman–Crippen MR) is 60.6 cm³/mol. The second-order valence-electron chi connectivity index (χ2n) is 5.04. The lowest BCUT2D eigenvalue weighted by Gasteiger charge is -2.15. The lowest BCUT2D eigenvalue weighted by atomic mass is 9.99. The first-order valence-electron chi connectivity index (χ1n) is 5.92. The molecule has 0 spiro atoms. The average molecular weight is 259 g/mol. The third kappa shape index (κ3) is 1.67. The number of halogens is 3. The van der Waals surface area contributed by atoms with Crippen LogP contribution in [0.15, 0.2) is 12.1 Å². The van der Waals surface area contributed by atoms with Crippen LogP contribution in [-0.4, -0.2) is 5.11 Å². The van der Waals surface area contributed by atoms with Crippen molar-refractivity contribution >= 4 is 11.6 Å². The first-order chi connectivity index (χ1) is 8.11. The summed E-state index contributed by atoms with van der Waals surface area (Å²) in [5.74, 6) is -0.936. The maximum Gasteiger partial charge on any atom is 0.166 e. The quantitative estimate of drug-likeness (QED) is 0.802. The molecule has 0 aromatic heterocycles. The van der Waals surface area contributed by atoms with E-state index in [0.717, 1.165) is 18.9 Å². The number of aliphatic hydroxyl groups excluding tert-OH is 1. The molecule has 0 aliphatic heterocycles. The highest BCUT2D eigenvalue weighted by atomic mass is 35.5. The molecule has 2 fully saturated rings. The van der Waals surface area contributed by atoms with Gasteiger partial charge in [-0.15, -0.1) is 0 Å². The van der Waals surface area contributed by atoms with Crippen molar-refractivity contribution in [2.45, 2.75) is 25.4 Å². The number of benzene rings is 1. The van der Waals surface area contributed by atoms with Crippen molar-refractivity contribution in [2.75, 3.05) is 0 Å². The van der Waals surface area contributed by atoms with Gasteiger partial charge in [-0.25, -0.2) is 8.78 Å². The maximum atomic E-state index is 13.7. The van der Waals surface area contributed by atoms with Crippen LogP contribution in [0.4, 0.5) is 8.78 Å². The molecule has 3 atom stereocenters. The summed E-state index contributed by atoms with van der Waals surface area (Å²) in [6.07, 6.45) is 2.38. The number of hydrogen-bond acceptors (Lipinski definition) is 1. The van der Waals surface area contributed by atoms with E-state index in [9.17, 15) is 13.9 Å². The molecule has 0 amide bonds. The van der Waals surface area contributed by atoms with Crippen molar-refractivity contribution in [2.24, 2.45) is 17.8 Å². The minimum atomic E-state index is -1.00. The Hall–Kier alpha value is -0.670. The Morgan fingerprint density at radius 2 is 1.88 bits per heavy atom. The van der Waals surface area contributed by atoms with Gasteiger partial charge >= 0.3 is 0 Å². The van der Waals surface area contributed by atoms with Gasteiger partial charge in [-0.05, 0) is 42.7 Å². The van der Waals surface area contributed by atoms with Crippen LogP contribution in [0.1, 0.15) is 30.9 Å². The zero-order chi connectivity index (χ0) is 12.2. The number of aliphatic hydroxyl groups is 1. The van der Waals surface area contributed by atoms with Crippen LogP contribution >= 0.6 is 11.6 Å². The minimum Gasteiger partial charge on any atom is -0.388 e. The van der Waals surface area contributed by atoms with Gasteiger partial charge < -0.3 is 5.11 Å². The molecular formula is C13H13ClF2O. The number of hydrogen-bond donors (Lipinski definition) is 1. The molecule has 1 N–H and O–H groups in total. The number of rotatable bonds is 2. The van der Waals surface area contributed by atoms with Gasteiger partial charge in [0.1, 0.15) is 0 Å². The third-order valence-corrected chi connectivity index (χ3v) is 4.54. The van der Waals surface area contributed by atoms with Crippen LogP contribution in [0.25, 0.3) is 0 Å². The van der Waals surface area contributed by atoms with Gasteiger partial charge in [0.2, 0.25) is 0 Å². The smallest absolute Gasteiger partial charge is 0.166 e.